The predicted molar refractivity (Wildman–Crippen MR) is 265 cm³/mol. The molecule has 21 nitrogen and oxygen atoms in total. The first-order chi connectivity index (χ1) is 34.5. The number of methoxy groups -OCH3 is 3. The van der Waals surface area contributed by atoms with E-state index < -0.39 is 23.5 Å². The first-order valence-corrected chi connectivity index (χ1v) is 30.1. The summed E-state index contributed by atoms with van der Waals surface area (Å²) in [4.78, 5) is 0. The monoisotopic (exact) mass is 1060 g/mol. The van der Waals surface area contributed by atoms with Gasteiger partial charge in [0.25, 0.3) is 0 Å². The molecule has 0 amide bonds. The number of ether oxygens (including phenoxy) is 3. The maximum atomic E-state index is 15.4. The zero-order valence-electron chi connectivity index (χ0n) is 41.8. The molecule has 6 aliphatic rings. The molecule has 0 spiro atoms. The van der Waals surface area contributed by atoms with E-state index in [9.17, 15) is 4.57 Å². The summed E-state index contributed by atoms with van der Waals surface area (Å²) < 4.78 is 120. The van der Waals surface area contributed by atoms with Crippen LogP contribution in [0, 0.1) is 0 Å². The highest BCUT2D eigenvalue weighted by molar-refractivity contribution is 7.49. The quantitative estimate of drug-likeness (QED) is 0.0756. The zero-order valence-corrected chi connectivity index (χ0v) is 44.5. The van der Waals surface area contributed by atoms with Crippen LogP contribution < -0.4 is 27.8 Å². The standard InChI is InChI=1S/C47H75N6O15P3/c1-57-42-25-24-41(23-22-40-38-43(58-2)46(59-3)44(39-40)60-69(54,63-48-26-10-4-11-27-48)64-49-28-12-5-13-29-49)45(61-70(55,65-50-30-14-6-15-31-50)66-51-32-16-7-17-33-51)47(42)62-71(56,67-52-34-18-8-19-35-52)68-53-36-20-9-21-37-53/h22-25,38-39H,4-21,26-37H2,1-3H3/b23-22-. The van der Waals surface area contributed by atoms with E-state index in [0.29, 0.717) is 84.1 Å². The van der Waals surface area contributed by atoms with Gasteiger partial charge in [0.15, 0.2) is 23.0 Å². The van der Waals surface area contributed by atoms with Gasteiger partial charge >= 0.3 is 23.5 Å². The van der Waals surface area contributed by atoms with Crippen molar-refractivity contribution in [2.75, 3.05) is 99.9 Å². The summed E-state index contributed by atoms with van der Waals surface area (Å²) in [5.74, 6) is 0.181. The van der Waals surface area contributed by atoms with E-state index in [-0.39, 0.29) is 40.1 Å². The van der Waals surface area contributed by atoms with Gasteiger partial charge in [0.2, 0.25) is 11.5 Å². The lowest BCUT2D eigenvalue weighted by atomic mass is 10.1. The summed E-state index contributed by atoms with van der Waals surface area (Å²) in [6.07, 6.45) is 19.7. The highest BCUT2D eigenvalue weighted by Crippen LogP contribution is 2.61. The summed E-state index contributed by atoms with van der Waals surface area (Å²) in [7, 11) is -9.16. The Labute approximate surface area is 419 Å². The Bertz CT molecular complexity index is 2100. The van der Waals surface area contributed by atoms with Gasteiger partial charge in [0, 0.05) is 84.1 Å². The van der Waals surface area contributed by atoms with E-state index in [1.165, 1.54) is 21.3 Å². The minimum atomic E-state index is -4.61. The molecule has 0 bridgehead atoms. The van der Waals surface area contributed by atoms with Gasteiger partial charge in [-0.2, -0.15) is 58.1 Å². The third-order valence-corrected chi connectivity index (χ3v) is 16.9. The lowest BCUT2D eigenvalue weighted by Crippen LogP contribution is -2.34. The molecule has 6 heterocycles. The van der Waals surface area contributed by atoms with E-state index in [4.69, 9.17) is 55.5 Å². The summed E-state index contributed by atoms with van der Waals surface area (Å²) in [5, 5.41) is 9.73. The van der Waals surface area contributed by atoms with Crippen molar-refractivity contribution in [3.63, 3.8) is 0 Å². The zero-order chi connectivity index (χ0) is 49.5. The van der Waals surface area contributed by atoms with Crippen LogP contribution in [0.1, 0.15) is 127 Å². The van der Waals surface area contributed by atoms with Crippen LogP contribution >= 0.6 is 23.5 Å². The second kappa shape index (κ2) is 26.6. The van der Waals surface area contributed by atoms with Crippen molar-refractivity contribution in [3.05, 3.63) is 35.4 Å². The van der Waals surface area contributed by atoms with Gasteiger partial charge in [-0.15, -0.1) is 0 Å². The number of hydroxylamine groups is 12. The molecular weight excluding hydrogens is 981 g/mol. The van der Waals surface area contributed by atoms with Gasteiger partial charge in [-0.1, -0.05) is 50.7 Å². The van der Waals surface area contributed by atoms with Crippen molar-refractivity contribution in [2.24, 2.45) is 0 Å². The summed E-state index contributed by atoms with van der Waals surface area (Å²) in [6.45, 7) is 6.39. The fourth-order valence-electron chi connectivity index (χ4n) is 9.35. The van der Waals surface area contributed by atoms with Crippen LogP contribution in [0.3, 0.4) is 0 Å². The first kappa shape index (κ1) is 54.5. The molecule has 398 valence electrons. The second-order valence-corrected chi connectivity index (χ2v) is 22.9. The molecule has 0 aliphatic carbocycles. The van der Waals surface area contributed by atoms with Gasteiger partial charge in [0.1, 0.15) is 0 Å². The van der Waals surface area contributed by atoms with Crippen molar-refractivity contribution in [3.8, 4) is 34.5 Å². The first-order valence-electron chi connectivity index (χ1n) is 25.8. The van der Waals surface area contributed by atoms with Gasteiger partial charge in [0.05, 0.1) is 21.3 Å². The average molecular weight is 1060 g/mol. The van der Waals surface area contributed by atoms with E-state index in [1.54, 1.807) is 66.8 Å². The molecule has 2 aromatic carbocycles. The predicted octanol–water partition coefficient (Wildman–Crippen LogP) is 10.8. The maximum absolute atomic E-state index is 15.4. The molecular formula is C47H75N6O15P3. The number of phosphoric acid groups is 3. The fourth-order valence-corrected chi connectivity index (χ4v) is 13.5. The SMILES string of the molecule is COc1cc(/C=C\c2ccc(OC)c(OP(=O)(ON3CCCCC3)ON3CCCCC3)c2OP(=O)(ON2CCCCC2)ON2CCCCC2)cc(OP(=O)(ON2CCCCC2)ON2CCCCC2)c1OC. The number of hydrogen-bond donors (Lipinski definition) is 0. The van der Waals surface area contributed by atoms with Crippen molar-refractivity contribution in [1.82, 2.24) is 30.4 Å². The fraction of sp³-hybridized carbons (Fsp3) is 0.702. The third-order valence-electron chi connectivity index (χ3n) is 13.0. The Balaban J connectivity index is 1.20. The van der Waals surface area contributed by atoms with Crippen LogP contribution in [0.25, 0.3) is 12.2 Å². The van der Waals surface area contributed by atoms with Crippen LogP contribution in [0.4, 0.5) is 0 Å². The number of rotatable bonds is 23. The number of nitrogens with zero attached hydrogens (tertiary/aromatic N) is 6. The topological polar surface area (TPSA) is 181 Å². The van der Waals surface area contributed by atoms with Crippen LogP contribution in [0.15, 0.2) is 24.3 Å². The normalized spacial score (nSPS) is 21.6. The van der Waals surface area contributed by atoms with Gasteiger partial charge in [-0.25, -0.2) is 13.7 Å². The summed E-state index contributed by atoms with van der Waals surface area (Å²) >= 11 is 0. The number of hydrogen-bond acceptors (Lipinski definition) is 21. The van der Waals surface area contributed by atoms with Crippen LogP contribution in [-0.4, -0.2) is 130 Å². The lowest BCUT2D eigenvalue weighted by Gasteiger charge is -2.34. The van der Waals surface area contributed by atoms with Crippen molar-refractivity contribution in [1.29, 1.82) is 0 Å². The largest absolute Gasteiger partial charge is 0.564 e. The molecule has 0 saturated carbocycles. The smallest absolute Gasteiger partial charge is 0.493 e. The van der Waals surface area contributed by atoms with Crippen molar-refractivity contribution < 1.29 is 69.2 Å². The Hall–Kier alpha value is -2.81. The highest BCUT2D eigenvalue weighted by Gasteiger charge is 2.43. The second-order valence-electron chi connectivity index (χ2n) is 18.6. The summed E-state index contributed by atoms with van der Waals surface area (Å²) in [6, 6.07) is 6.63. The molecule has 0 unspecified atom stereocenters. The molecule has 2 aromatic rings. The van der Waals surface area contributed by atoms with Gasteiger partial charge in [-0.3, -0.25) is 0 Å². The highest BCUT2D eigenvalue weighted by atomic mass is 31.2. The van der Waals surface area contributed by atoms with E-state index >= 15 is 9.13 Å². The van der Waals surface area contributed by atoms with Crippen LogP contribution in [-0.2, 0) is 41.4 Å². The van der Waals surface area contributed by atoms with Gasteiger partial charge < -0.3 is 27.8 Å². The molecule has 24 heteroatoms. The van der Waals surface area contributed by atoms with E-state index in [2.05, 4.69) is 0 Å². The Morgan fingerprint density at radius 1 is 0.352 bits per heavy atom. The molecule has 0 radical (unpaired) electrons. The number of piperidine rings is 6. The van der Waals surface area contributed by atoms with E-state index in [1.807, 2.05) is 0 Å². The molecule has 71 heavy (non-hydrogen) atoms. The minimum absolute atomic E-state index is 0.0408. The average Bonchev–Trinajstić information content (AvgIpc) is 3.37. The van der Waals surface area contributed by atoms with Crippen molar-refractivity contribution >= 4 is 35.6 Å². The number of benzene rings is 2. The minimum Gasteiger partial charge on any atom is -0.493 e. The molecule has 0 aromatic heterocycles. The van der Waals surface area contributed by atoms with E-state index in [0.717, 1.165) is 116 Å². The molecule has 0 N–H and O–H groups in total. The summed E-state index contributed by atoms with van der Waals surface area (Å²) in [5.41, 5.74) is 0.784. The van der Waals surface area contributed by atoms with Gasteiger partial charge in [-0.05, 0) is 107 Å². The maximum Gasteiger partial charge on any atom is 0.564 e. The molecule has 6 saturated heterocycles. The Kier molecular flexibility index (Phi) is 20.4. The third kappa shape index (κ3) is 15.9. The Morgan fingerprint density at radius 3 is 1.01 bits per heavy atom. The molecule has 6 fully saturated rings. The molecule has 0 atom stereocenters. The molecule has 6 aliphatic heterocycles. The van der Waals surface area contributed by atoms with Crippen molar-refractivity contribution in [2.45, 2.75) is 116 Å². The lowest BCUT2D eigenvalue weighted by molar-refractivity contribution is -0.150. The molecule has 8 rings (SSSR count). The van der Waals surface area contributed by atoms with Crippen LogP contribution in [0.5, 0.6) is 34.5 Å². The Morgan fingerprint density at radius 2 is 0.676 bits per heavy atom. The van der Waals surface area contributed by atoms with Crippen LogP contribution in [0.2, 0.25) is 0 Å².